The lowest BCUT2D eigenvalue weighted by molar-refractivity contribution is 0.0751. The van der Waals surface area contributed by atoms with Gasteiger partial charge in [-0.3, -0.25) is 0 Å². The largest absolute Gasteiger partial charge is 0.373 e. The van der Waals surface area contributed by atoms with E-state index < -0.39 is 5.54 Å². The molecule has 0 aromatic carbocycles. The molecule has 2 aliphatic carbocycles. The zero-order valence-electron chi connectivity index (χ0n) is 10.2. The molecule has 1 unspecified atom stereocenters. The van der Waals surface area contributed by atoms with Crippen molar-refractivity contribution in [3.05, 3.63) is 11.7 Å². The Kier molecular flexibility index (Phi) is 2.67. The molecule has 0 amide bonds. The van der Waals surface area contributed by atoms with Gasteiger partial charge in [-0.05, 0) is 31.6 Å². The van der Waals surface area contributed by atoms with Crippen LogP contribution in [0.25, 0.3) is 0 Å². The van der Waals surface area contributed by atoms with E-state index in [0.717, 1.165) is 25.7 Å². The molecule has 1 aromatic rings. The molecule has 5 heteroatoms. The molecule has 94 valence electrons. The molecule has 0 aliphatic heterocycles. The molecule has 1 aromatic heterocycles. The fraction of sp³-hybridized carbons (Fsp3) is 0.833. The van der Waals surface area contributed by atoms with Gasteiger partial charge in [0.2, 0.25) is 11.7 Å². The summed E-state index contributed by atoms with van der Waals surface area (Å²) in [4.78, 5) is 4.47. The minimum absolute atomic E-state index is 0.0162. The van der Waals surface area contributed by atoms with Gasteiger partial charge in [-0.15, -0.1) is 0 Å². The third-order valence-electron chi connectivity index (χ3n) is 3.92. The average Bonchev–Trinajstić information content (AvgIpc) is 2.86. The van der Waals surface area contributed by atoms with Gasteiger partial charge in [-0.1, -0.05) is 18.0 Å². The normalized spacial score (nSPS) is 25.1. The van der Waals surface area contributed by atoms with Crippen LogP contribution >= 0.6 is 0 Å². The summed E-state index contributed by atoms with van der Waals surface area (Å²) in [6.07, 6.45) is 6.53. The first-order valence-corrected chi connectivity index (χ1v) is 6.39. The van der Waals surface area contributed by atoms with Crippen LogP contribution in [0.3, 0.4) is 0 Å². The fourth-order valence-corrected chi connectivity index (χ4v) is 2.68. The summed E-state index contributed by atoms with van der Waals surface area (Å²) in [7, 11) is 1.70. The first kappa shape index (κ1) is 11.2. The molecular weight excluding hydrogens is 218 g/mol. The predicted molar refractivity (Wildman–Crippen MR) is 61.1 cm³/mol. The zero-order valence-corrected chi connectivity index (χ0v) is 10.2. The lowest BCUT2D eigenvalue weighted by atomic mass is 9.99. The van der Waals surface area contributed by atoms with E-state index in [1.807, 2.05) is 0 Å². The Balaban J connectivity index is 1.81. The summed E-state index contributed by atoms with van der Waals surface area (Å²) in [6.45, 7) is 0. The Bertz CT molecular complexity index is 394. The van der Waals surface area contributed by atoms with Crippen LogP contribution in [0.15, 0.2) is 4.52 Å². The van der Waals surface area contributed by atoms with Gasteiger partial charge in [0.25, 0.3) is 0 Å². The van der Waals surface area contributed by atoms with E-state index in [-0.39, 0.29) is 6.10 Å². The monoisotopic (exact) mass is 237 g/mol. The molecule has 2 aliphatic rings. The second-order valence-electron chi connectivity index (χ2n) is 5.31. The molecule has 1 heterocycles. The van der Waals surface area contributed by atoms with Crippen molar-refractivity contribution in [3.63, 3.8) is 0 Å². The van der Waals surface area contributed by atoms with Gasteiger partial charge < -0.3 is 15.0 Å². The molecular formula is C12H19N3O2. The highest BCUT2D eigenvalue weighted by molar-refractivity contribution is 5.07. The Labute approximate surface area is 101 Å². The van der Waals surface area contributed by atoms with Crippen LogP contribution < -0.4 is 5.73 Å². The molecule has 2 N–H and O–H groups in total. The Morgan fingerprint density at radius 3 is 2.71 bits per heavy atom. The van der Waals surface area contributed by atoms with E-state index in [4.69, 9.17) is 15.0 Å². The van der Waals surface area contributed by atoms with Gasteiger partial charge in [0.05, 0.1) is 5.54 Å². The van der Waals surface area contributed by atoms with E-state index in [9.17, 15) is 0 Å². The minimum atomic E-state index is -0.396. The predicted octanol–water partition coefficient (Wildman–Crippen LogP) is 1.90. The highest BCUT2D eigenvalue weighted by Gasteiger charge is 2.40. The Morgan fingerprint density at radius 2 is 2.12 bits per heavy atom. The third kappa shape index (κ3) is 1.98. The van der Waals surface area contributed by atoms with Crippen LogP contribution in [0.4, 0.5) is 0 Å². The molecule has 0 spiro atoms. The summed E-state index contributed by atoms with van der Waals surface area (Å²) in [5.74, 6) is 1.82. The van der Waals surface area contributed by atoms with E-state index in [1.165, 1.54) is 12.8 Å². The van der Waals surface area contributed by atoms with E-state index >= 15 is 0 Å². The van der Waals surface area contributed by atoms with Crippen molar-refractivity contribution < 1.29 is 9.26 Å². The van der Waals surface area contributed by atoms with Gasteiger partial charge in [0.15, 0.2) is 0 Å². The van der Waals surface area contributed by atoms with Crippen LogP contribution in [0.2, 0.25) is 0 Å². The summed E-state index contributed by atoms with van der Waals surface area (Å²) >= 11 is 0. The van der Waals surface area contributed by atoms with Crippen LogP contribution in [-0.2, 0) is 10.3 Å². The molecule has 2 fully saturated rings. The number of nitrogens with two attached hydrogens (primary N) is 1. The van der Waals surface area contributed by atoms with Crippen LogP contribution in [0.5, 0.6) is 0 Å². The highest BCUT2D eigenvalue weighted by Crippen LogP contribution is 2.43. The molecule has 5 nitrogen and oxygen atoms in total. The van der Waals surface area contributed by atoms with Gasteiger partial charge in [-0.25, -0.2) is 0 Å². The maximum atomic E-state index is 6.29. The fourth-order valence-electron chi connectivity index (χ4n) is 2.68. The van der Waals surface area contributed by atoms with Crippen LogP contribution in [-0.4, -0.2) is 17.3 Å². The van der Waals surface area contributed by atoms with Crippen molar-refractivity contribution >= 4 is 0 Å². The van der Waals surface area contributed by atoms with Crippen LogP contribution in [0.1, 0.15) is 56.3 Å². The van der Waals surface area contributed by atoms with Crippen molar-refractivity contribution in [2.75, 3.05) is 7.11 Å². The second kappa shape index (κ2) is 4.07. The summed E-state index contributed by atoms with van der Waals surface area (Å²) in [6, 6.07) is 0. The van der Waals surface area contributed by atoms with Gasteiger partial charge in [0, 0.05) is 7.11 Å². The lowest BCUT2D eigenvalue weighted by Gasteiger charge is -2.17. The van der Waals surface area contributed by atoms with Gasteiger partial charge in [-0.2, -0.15) is 4.98 Å². The molecule has 0 bridgehead atoms. The first-order valence-electron chi connectivity index (χ1n) is 6.39. The van der Waals surface area contributed by atoms with Crippen molar-refractivity contribution in [2.24, 2.45) is 11.7 Å². The molecule has 2 saturated carbocycles. The number of rotatable bonds is 4. The van der Waals surface area contributed by atoms with E-state index in [0.29, 0.717) is 17.6 Å². The molecule has 0 saturated heterocycles. The quantitative estimate of drug-likeness (QED) is 0.865. The highest BCUT2D eigenvalue weighted by atomic mass is 16.5. The number of ether oxygens (including phenoxy) is 1. The second-order valence-corrected chi connectivity index (χ2v) is 5.31. The Morgan fingerprint density at radius 1 is 1.41 bits per heavy atom. The molecule has 1 atom stereocenters. The molecule has 17 heavy (non-hydrogen) atoms. The average molecular weight is 237 g/mol. The maximum Gasteiger partial charge on any atom is 0.246 e. The summed E-state index contributed by atoms with van der Waals surface area (Å²) in [5, 5.41) is 4.05. The topological polar surface area (TPSA) is 74.2 Å². The lowest BCUT2D eigenvalue weighted by Crippen LogP contribution is -2.33. The number of hydrogen-bond acceptors (Lipinski definition) is 5. The first-order chi connectivity index (χ1) is 8.23. The smallest absolute Gasteiger partial charge is 0.246 e. The van der Waals surface area contributed by atoms with Gasteiger partial charge in [0.1, 0.15) is 6.10 Å². The standard InChI is InChI=1S/C12H19N3O2/c1-16-9(8-4-5-8)10-14-11(17-15-10)12(13)6-2-3-7-12/h8-9H,2-7,13H2,1H3. The van der Waals surface area contributed by atoms with Crippen LogP contribution in [0, 0.1) is 5.92 Å². The third-order valence-corrected chi connectivity index (χ3v) is 3.92. The number of methoxy groups -OCH3 is 1. The van der Waals surface area contributed by atoms with Crippen molar-refractivity contribution in [1.29, 1.82) is 0 Å². The molecule has 0 radical (unpaired) electrons. The number of hydrogen-bond donors (Lipinski definition) is 1. The van der Waals surface area contributed by atoms with Crippen molar-refractivity contribution in [2.45, 2.75) is 50.2 Å². The summed E-state index contributed by atoms with van der Waals surface area (Å²) < 4.78 is 10.8. The zero-order chi connectivity index (χ0) is 11.9. The van der Waals surface area contributed by atoms with E-state index in [1.54, 1.807) is 7.11 Å². The maximum absolute atomic E-state index is 6.29. The summed E-state index contributed by atoms with van der Waals surface area (Å²) in [5.41, 5.74) is 5.89. The van der Waals surface area contributed by atoms with Crippen molar-refractivity contribution in [3.8, 4) is 0 Å². The molecule has 3 rings (SSSR count). The Hall–Kier alpha value is -0.940. The number of aromatic nitrogens is 2. The SMILES string of the molecule is COC(c1noc(C2(N)CCCC2)n1)C1CC1. The van der Waals surface area contributed by atoms with Gasteiger partial charge >= 0.3 is 0 Å². The van der Waals surface area contributed by atoms with E-state index in [2.05, 4.69) is 10.1 Å². The minimum Gasteiger partial charge on any atom is -0.373 e. The van der Waals surface area contributed by atoms with Crippen molar-refractivity contribution in [1.82, 2.24) is 10.1 Å². The number of nitrogens with zero attached hydrogens (tertiary/aromatic N) is 2.